The Morgan fingerprint density at radius 3 is 2.53 bits per heavy atom. The molecule has 3 rings (SSSR count). The van der Waals surface area contributed by atoms with Crippen LogP contribution in [0.5, 0.6) is 0 Å². The van der Waals surface area contributed by atoms with Crippen LogP contribution in [0.1, 0.15) is 19.4 Å². The molecule has 1 aliphatic rings. The van der Waals surface area contributed by atoms with Gasteiger partial charge in [0.05, 0.1) is 6.67 Å². The zero-order valence-electron chi connectivity index (χ0n) is 16.4. The summed E-state index contributed by atoms with van der Waals surface area (Å²) in [5.74, 6) is -0.217. The van der Waals surface area contributed by atoms with Crippen molar-refractivity contribution in [3.05, 3.63) is 48.2 Å². The fraction of sp³-hybridized carbons (Fsp3) is 0.350. The van der Waals surface area contributed by atoms with Gasteiger partial charge < -0.3 is 10.6 Å². The van der Waals surface area contributed by atoms with Crippen LogP contribution in [-0.4, -0.2) is 45.7 Å². The van der Waals surface area contributed by atoms with Crippen LogP contribution >= 0.6 is 11.8 Å². The van der Waals surface area contributed by atoms with Gasteiger partial charge in [0.2, 0.25) is 5.78 Å². The van der Waals surface area contributed by atoms with Crippen molar-refractivity contribution >= 4 is 35.3 Å². The summed E-state index contributed by atoms with van der Waals surface area (Å²) in [6, 6.07) is 8.54. The summed E-state index contributed by atoms with van der Waals surface area (Å²) >= 11 is -0.203. The number of hydrogen-bond donors (Lipinski definition) is 1. The number of nitrogens with zero attached hydrogens (tertiary/aromatic N) is 3. The van der Waals surface area contributed by atoms with E-state index in [1.54, 1.807) is 17.2 Å². The third kappa shape index (κ3) is 4.76. The molecule has 1 fully saturated rings. The van der Waals surface area contributed by atoms with E-state index in [1.165, 1.54) is 24.3 Å². The van der Waals surface area contributed by atoms with E-state index in [1.807, 2.05) is 24.8 Å². The van der Waals surface area contributed by atoms with Crippen molar-refractivity contribution in [1.29, 1.82) is 0 Å². The Balaban J connectivity index is 1.90. The molecule has 0 radical (unpaired) electrons. The highest BCUT2D eigenvalue weighted by Crippen LogP contribution is 2.39. The maximum Gasteiger partial charge on any atom is 0.446 e. The monoisotopic (exact) mass is 438 g/mol. The van der Waals surface area contributed by atoms with Gasteiger partial charge in [0.15, 0.2) is 6.29 Å². The first-order valence-corrected chi connectivity index (χ1v) is 9.90. The van der Waals surface area contributed by atoms with Crippen molar-refractivity contribution in [2.24, 2.45) is 0 Å². The number of carbonyl (C=O) groups excluding carboxylic acids is 2. The molecule has 1 unspecified atom stereocenters. The fourth-order valence-electron chi connectivity index (χ4n) is 3.71. The Bertz CT molecular complexity index is 934. The Hall–Kier alpha value is -2.59. The summed E-state index contributed by atoms with van der Waals surface area (Å²) in [6.45, 7) is 4.49. The van der Waals surface area contributed by atoms with Crippen LogP contribution in [0.15, 0.2) is 47.5 Å². The zero-order valence-corrected chi connectivity index (χ0v) is 17.2. The van der Waals surface area contributed by atoms with Gasteiger partial charge >= 0.3 is 5.51 Å². The van der Waals surface area contributed by atoms with Crippen molar-refractivity contribution in [3.63, 3.8) is 0 Å². The molecule has 10 heteroatoms. The van der Waals surface area contributed by atoms with Gasteiger partial charge in [-0.05, 0) is 67.6 Å². The highest BCUT2D eigenvalue weighted by molar-refractivity contribution is 8.00. The van der Waals surface area contributed by atoms with Gasteiger partial charge in [-0.2, -0.15) is 13.2 Å². The lowest BCUT2D eigenvalue weighted by atomic mass is 9.90. The largest absolute Gasteiger partial charge is 0.446 e. The molecule has 1 atom stereocenters. The number of thioether (sulfide) groups is 1. The van der Waals surface area contributed by atoms with Gasteiger partial charge in [0.1, 0.15) is 11.9 Å². The Kier molecular flexibility index (Phi) is 6.09. The molecule has 1 saturated heterocycles. The second-order valence-electron chi connectivity index (χ2n) is 7.52. The SMILES string of the molecule is CC1(C)C(C(=O)C=O)N(c2ccc(SC(F)(F)F)cc2)CN1Cc1ccnc(N)c1. The number of alkyl halides is 3. The molecule has 160 valence electrons. The number of aldehydes is 1. The van der Waals surface area contributed by atoms with Crippen molar-refractivity contribution < 1.29 is 22.8 Å². The molecule has 2 N–H and O–H groups in total. The molecule has 1 aromatic heterocycles. The number of benzene rings is 1. The second-order valence-corrected chi connectivity index (χ2v) is 8.65. The number of anilines is 2. The minimum absolute atomic E-state index is 0.0482. The van der Waals surface area contributed by atoms with Gasteiger partial charge in [0.25, 0.3) is 0 Å². The fourth-order valence-corrected chi connectivity index (χ4v) is 4.24. The molecule has 30 heavy (non-hydrogen) atoms. The number of aromatic nitrogens is 1. The highest BCUT2D eigenvalue weighted by atomic mass is 32.2. The summed E-state index contributed by atoms with van der Waals surface area (Å²) in [5, 5.41) is 0. The average Bonchev–Trinajstić information content (AvgIpc) is 2.91. The first-order chi connectivity index (χ1) is 14.0. The number of pyridine rings is 1. The summed E-state index contributed by atoms with van der Waals surface area (Å²) in [7, 11) is 0. The lowest BCUT2D eigenvalue weighted by Gasteiger charge is -2.34. The van der Waals surface area contributed by atoms with Crippen LogP contribution < -0.4 is 10.6 Å². The van der Waals surface area contributed by atoms with E-state index in [-0.39, 0.29) is 16.7 Å². The summed E-state index contributed by atoms with van der Waals surface area (Å²) in [6.07, 6.45) is 1.89. The normalized spacial score (nSPS) is 19.1. The first-order valence-electron chi connectivity index (χ1n) is 9.08. The van der Waals surface area contributed by atoms with Gasteiger partial charge in [-0.25, -0.2) is 4.98 Å². The molecular weight excluding hydrogens is 417 g/mol. The van der Waals surface area contributed by atoms with E-state index >= 15 is 0 Å². The lowest BCUT2D eigenvalue weighted by molar-refractivity contribution is -0.131. The number of ketones is 1. The molecule has 0 saturated carbocycles. The number of carbonyl (C=O) groups is 2. The minimum Gasteiger partial charge on any atom is -0.384 e. The standard InChI is InChI=1S/C20H21F3N4O2S/c1-19(2)18(16(29)11-28)27(12-26(19)10-13-7-8-25-17(24)9-13)14-3-5-15(6-4-14)30-20(21,22)23/h3-9,11,18H,10,12H2,1-2H3,(H2,24,25). The number of rotatable bonds is 6. The predicted octanol–water partition coefficient (Wildman–Crippen LogP) is 3.47. The topological polar surface area (TPSA) is 79.5 Å². The summed E-state index contributed by atoms with van der Waals surface area (Å²) in [5.41, 5.74) is 2.12. The Labute approximate surface area is 176 Å². The summed E-state index contributed by atoms with van der Waals surface area (Å²) in [4.78, 5) is 31.6. The van der Waals surface area contributed by atoms with Crippen LogP contribution in [0.3, 0.4) is 0 Å². The molecule has 2 heterocycles. The molecule has 0 aliphatic carbocycles. The Morgan fingerprint density at radius 1 is 1.30 bits per heavy atom. The third-order valence-corrected chi connectivity index (χ3v) is 5.86. The van der Waals surface area contributed by atoms with Crippen LogP contribution in [0, 0.1) is 0 Å². The number of nitrogens with two attached hydrogens (primary N) is 1. The van der Waals surface area contributed by atoms with Crippen LogP contribution in [0.4, 0.5) is 24.7 Å². The number of Topliss-reactive ketones (excluding diaryl/α,β-unsaturated/α-hetero) is 1. The molecule has 0 bridgehead atoms. The Morgan fingerprint density at radius 2 is 1.97 bits per heavy atom. The van der Waals surface area contributed by atoms with Gasteiger partial charge in [-0.15, -0.1) is 0 Å². The van der Waals surface area contributed by atoms with Crippen LogP contribution in [-0.2, 0) is 16.1 Å². The lowest BCUT2D eigenvalue weighted by Crippen LogP contribution is -2.51. The number of halogens is 3. The van der Waals surface area contributed by atoms with Crippen molar-refractivity contribution in [1.82, 2.24) is 9.88 Å². The van der Waals surface area contributed by atoms with E-state index in [0.29, 0.717) is 31.0 Å². The van der Waals surface area contributed by atoms with Crippen LogP contribution in [0.25, 0.3) is 0 Å². The first kappa shape index (κ1) is 22.1. The van der Waals surface area contributed by atoms with E-state index in [4.69, 9.17) is 5.73 Å². The van der Waals surface area contributed by atoms with E-state index < -0.39 is 22.9 Å². The summed E-state index contributed by atoms with van der Waals surface area (Å²) < 4.78 is 37.8. The maximum atomic E-state index is 12.6. The minimum atomic E-state index is -4.38. The average molecular weight is 438 g/mol. The van der Waals surface area contributed by atoms with Gasteiger partial charge in [0, 0.05) is 28.9 Å². The molecule has 2 aromatic rings. The van der Waals surface area contributed by atoms with Gasteiger partial charge in [-0.3, -0.25) is 14.5 Å². The second kappa shape index (κ2) is 8.27. The van der Waals surface area contributed by atoms with Gasteiger partial charge in [-0.1, -0.05) is 0 Å². The van der Waals surface area contributed by atoms with E-state index in [2.05, 4.69) is 4.98 Å². The molecule has 0 spiro atoms. The smallest absolute Gasteiger partial charge is 0.384 e. The molecular formula is C20H21F3N4O2S. The predicted molar refractivity (Wildman–Crippen MR) is 109 cm³/mol. The molecule has 1 aromatic carbocycles. The van der Waals surface area contributed by atoms with Crippen LogP contribution in [0.2, 0.25) is 0 Å². The highest BCUT2D eigenvalue weighted by Gasteiger charge is 2.49. The van der Waals surface area contributed by atoms with Crippen molar-refractivity contribution in [3.8, 4) is 0 Å². The van der Waals surface area contributed by atoms with E-state index in [9.17, 15) is 22.8 Å². The molecule has 6 nitrogen and oxygen atoms in total. The quantitative estimate of drug-likeness (QED) is 0.420. The third-order valence-electron chi connectivity index (χ3n) is 5.13. The number of hydrogen-bond acceptors (Lipinski definition) is 7. The maximum absolute atomic E-state index is 12.6. The van der Waals surface area contributed by atoms with E-state index in [0.717, 1.165) is 5.56 Å². The zero-order chi connectivity index (χ0) is 22.1. The van der Waals surface area contributed by atoms with Crippen molar-refractivity contribution in [2.75, 3.05) is 17.3 Å². The molecule has 1 aliphatic heterocycles. The van der Waals surface area contributed by atoms with Crippen molar-refractivity contribution in [2.45, 2.75) is 42.4 Å². The molecule has 0 amide bonds. The number of nitrogen functional groups attached to an aromatic ring is 1.